The van der Waals surface area contributed by atoms with Gasteiger partial charge in [-0.05, 0) is 25.2 Å². The summed E-state index contributed by atoms with van der Waals surface area (Å²) in [5, 5.41) is 52.6. The van der Waals surface area contributed by atoms with Gasteiger partial charge in [0.05, 0.1) is 24.9 Å². The SMILES string of the molecule is NC[C@@H]1CC[C@@H](N=C(N)N)[C@@H](OC2[C@@H](N)C[C@@H](CC(=O)C3(O)CC3N)[C@H](O[C@H]3O[C@H](CO)[C@@H](O)[C@H](N)[C@H]3O)[C@H]2O)O1. The summed E-state index contributed by atoms with van der Waals surface area (Å²) in [7, 11) is 0. The van der Waals surface area contributed by atoms with E-state index in [-0.39, 0.29) is 37.9 Å². The highest BCUT2D eigenvalue weighted by atomic mass is 16.7. The minimum absolute atomic E-state index is 0.0877. The van der Waals surface area contributed by atoms with E-state index in [0.717, 1.165) is 0 Å². The lowest BCUT2D eigenvalue weighted by molar-refractivity contribution is -0.318. The van der Waals surface area contributed by atoms with Crippen molar-refractivity contribution in [2.24, 2.45) is 45.3 Å². The van der Waals surface area contributed by atoms with Gasteiger partial charge in [0, 0.05) is 31.5 Å². The van der Waals surface area contributed by atoms with Crippen molar-refractivity contribution in [3.05, 3.63) is 0 Å². The summed E-state index contributed by atoms with van der Waals surface area (Å²) in [6.07, 6.45) is -9.83. The zero-order valence-corrected chi connectivity index (χ0v) is 22.7. The van der Waals surface area contributed by atoms with Gasteiger partial charge >= 0.3 is 0 Å². The van der Waals surface area contributed by atoms with Gasteiger partial charge in [0.1, 0.15) is 42.2 Å². The molecule has 0 aromatic carbocycles. The fraction of sp³-hybridized carbons (Fsp3) is 0.917. The number of rotatable bonds is 10. The Hall–Kier alpha value is -1.58. The Bertz CT molecular complexity index is 944. The molecule has 2 aliphatic carbocycles. The predicted molar refractivity (Wildman–Crippen MR) is 141 cm³/mol. The lowest BCUT2D eigenvalue weighted by Gasteiger charge is -2.48. The molecule has 3 unspecified atom stereocenters. The Balaban J connectivity index is 1.58. The third kappa shape index (κ3) is 6.82. The first-order valence-electron chi connectivity index (χ1n) is 13.9. The van der Waals surface area contributed by atoms with E-state index in [1.165, 1.54) is 0 Å². The van der Waals surface area contributed by atoms with E-state index < -0.39 is 97.3 Å². The van der Waals surface area contributed by atoms with Crippen molar-refractivity contribution in [3.8, 4) is 0 Å². The zero-order chi connectivity index (χ0) is 30.2. The van der Waals surface area contributed by atoms with Gasteiger partial charge < -0.3 is 78.9 Å². The van der Waals surface area contributed by atoms with Crippen molar-refractivity contribution < 1.29 is 49.3 Å². The second-order valence-corrected chi connectivity index (χ2v) is 11.6. The highest BCUT2D eigenvalue weighted by molar-refractivity contribution is 5.91. The van der Waals surface area contributed by atoms with Crippen molar-refractivity contribution in [2.45, 2.75) is 117 Å². The first-order chi connectivity index (χ1) is 19.3. The van der Waals surface area contributed by atoms with Crippen LogP contribution in [0.1, 0.15) is 32.1 Å². The smallest absolute Gasteiger partial charge is 0.186 e. The second kappa shape index (κ2) is 13.0. The van der Waals surface area contributed by atoms with Crippen LogP contribution in [0.15, 0.2) is 4.99 Å². The molecule has 236 valence electrons. The Morgan fingerprint density at radius 1 is 0.976 bits per heavy atom. The molecule has 0 amide bonds. The summed E-state index contributed by atoms with van der Waals surface area (Å²) in [5.74, 6) is -1.49. The molecule has 0 aromatic rings. The van der Waals surface area contributed by atoms with Gasteiger partial charge in [-0.3, -0.25) is 4.79 Å². The van der Waals surface area contributed by atoms with Crippen LogP contribution in [0.3, 0.4) is 0 Å². The number of nitrogens with zero attached hydrogens (tertiary/aromatic N) is 1. The minimum atomic E-state index is -1.68. The molecule has 2 saturated carbocycles. The fourth-order valence-corrected chi connectivity index (χ4v) is 5.91. The third-order valence-corrected chi connectivity index (χ3v) is 8.57. The molecule has 15 atom stereocenters. The van der Waals surface area contributed by atoms with E-state index in [9.17, 15) is 30.3 Å². The number of hydrogen-bond acceptors (Lipinski definition) is 15. The molecule has 4 aliphatic rings. The summed E-state index contributed by atoms with van der Waals surface area (Å²) in [4.78, 5) is 17.1. The number of guanidine groups is 1. The molecule has 0 bridgehead atoms. The van der Waals surface area contributed by atoms with Crippen molar-refractivity contribution in [2.75, 3.05) is 13.2 Å². The van der Waals surface area contributed by atoms with Gasteiger partial charge in [-0.1, -0.05) is 0 Å². The highest BCUT2D eigenvalue weighted by Gasteiger charge is 2.58. The first kappa shape index (κ1) is 32.3. The van der Waals surface area contributed by atoms with Crippen LogP contribution in [-0.2, 0) is 23.7 Å². The van der Waals surface area contributed by atoms with Gasteiger partial charge in [-0.2, -0.15) is 0 Å². The minimum Gasteiger partial charge on any atom is -0.394 e. The molecular weight excluding hydrogens is 546 g/mol. The summed E-state index contributed by atoms with van der Waals surface area (Å²) >= 11 is 0. The first-order valence-corrected chi connectivity index (χ1v) is 13.9. The lowest BCUT2D eigenvalue weighted by atomic mass is 9.76. The van der Waals surface area contributed by atoms with Gasteiger partial charge in [-0.25, -0.2) is 4.99 Å². The molecule has 0 spiro atoms. The lowest BCUT2D eigenvalue weighted by Crippen LogP contribution is -2.66. The topological polar surface area (TPSA) is 324 Å². The van der Waals surface area contributed by atoms with Gasteiger partial charge in [0.25, 0.3) is 0 Å². The van der Waals surface area contributed by atoms with Crippen LogP contribution in [0.25, 0.3) is 0 Å². The van der Waals surface area contributed by atoms with E-state index in [2.05, 4.69) is 4.99 Å². The predicted octanol–water partition coefficient (Wildman–Crippen LogP) is -6.24. The van der Waals surface area contributed by atoms with Crippen LogP contribution in [0.5, 0.6) is 0 Å². The Kier molecular flexibility index (Phi) is 10.2. The van der Waals surface area contributed by atoms with Crippen molar-refractivity contribution >= 4 is 11.7 Å². The Morgan fingerprint density at radius 3 is 2.22 bits per heavy atom. The molecule has 0 aromatic heterocycles. The molecule has 4 rings (SSSR count). The molecule has 17 heteroatoms. The number of aliphatic hydroxyl groups excluding tert-OH is 4. The molecule has 0 radical (unpaired) electrons. The number of aliphatic imine (C=N–C) groups is 1. The normalized spacial score (nSPS) is 48.4. The van der Waals surface area contributed by atoms with Gasteiger partial charge in [0.2, 0.25) is 0 Å². The van der Waals surface area contributed by atoms with Crippen molar-refractivity contribution in [1.82, 2.24) is 0 Å². The molecule has 2 aliphatic heterocycles. The number of hydrogen-bond donors (Lipinski definition) is 11. The summed E-state index contributed by atoms with van der Waals surface area (Å²) in [6.45, 7) is -0.407. The Morgan fingerprint density at radius 2 is 1.63 bits per heavy atom. The molecule has 4 fully saturated rings. The number of ether oxygens (including phenoxy) is 4. The van der Waals surface area contributed by atoms with Gasteiger partial charge in [-0.15, -0.1) is 0 Å². The molecule has 17 nitrogen and oxygen atoms in total. The molecule has 17 N–H and O–H groups in total. The van der Waals surface area contributed by atoms with Crippen LogP contribution >= 0.6 is 0 Å². The monoisotopic (exact) mass is 591 g/mol. The summed E-state index contributed by atoms with van der Waals surface area (Å²) < 4.78 is 23.7. The van der Waals surface area contributed by atoms with Crippen LogP contribution in [0, 0.1) is 5.92 Å². The van der Waals surface area contributed by atoms with E-state index >= 15 is 0 Å². The molecule has 41 heavy (non-hydrogen) atoms. The van der Waals surface area contributed by atoms with Crippen LogP contribution in [0.4, 0.5) is 0 Å². The third-order valence-electron chi connectivity index (χ3n) is 8.57. The number of aliphatic hydroxyl groups is 5. The number of carbonyl (C=O) groups excluding carboxylic acids is 1. The number of Topliss-reactive ketones (excluding diaryl/α,β-unsaturated/α-hetero) is 1. The van der Waals surface area contributed by atoms with Gasteiger partial charge in [0.15, 0.2) is 24.3 Å². The largest absolute Gasteiger partial charge is 0.394 e. The van der Waals surface area contributed by atoms with Crippen molar-refractivity contribution in [3.63, 3.8) is 0 Å². The zero-order valence-electron chi connectivity index (χ0n) is 22.7. The average Bonchev–Trinajstić information content (AvgIpc) is 3.56. The average molecular weight is 592 g/mol. The summed E-state index contributed by atoms with van der Waals surface area (Å²) in [5.41, 5.74) is 33.4. The Labute approximate surface area is 237 Å². The van der Waals surface area contributed by atoms with E-state index in [4.69, 9.17) is 53.3 Å². The maximum Gasteiger partial charge on any atom is 0.186 e. The van der Waals surface area contributed by atoms with Crippen LogP contribution < -0.4 is 34.4 Å². The van der Waals surface area contributed by atoms with E-state index in [1.807, 2.05) is 0 Å². The van der Waals surface area contributed by atoms with Crippen molar-refractivity contribution in [1.29, 1.82) is 0 Å². The number of ketones is 1. The standard InChI is InChI=1S/C24H45N7O10/c25-6-9-1-2-11(31-23(29)30)21(38-9)41-20-10(26)3-8(4-14(33)24(37)5-13(24)27)19(18(20)36)40-22-17(35)15(28)16(34)12(7-32)39-22/h8-13,15-22,32,34-37H,1-7,25-28H2,(H4,29,30,31)/t8-,9-,10-,11+,12+,13?,15-,16+,17+,18+,19-,20?,21+,22+,24?/m0/s1. The van der Waals surface area contributed by atoms with E-state index in [0.29, 0.717) is 12.8 Å². The highest BCUT2D eigenvalue weighted by Crippen LogP contribution is 2.41. The maximum absolute atomic E-state index is 13.0. The van der Waals surface area contributed by atoms with E-state index in [1.54, 1.807) is 0 Å². The molecule has 2 saturated heterocycles. The second-order valence-electron chi connectivity index (χ2n) is 11.6. The van der Waals surface area contributed by atoms with Crippen LogP contribution in [-0.4, -0.2) is 136 Å². The van der Waals surface area contributed by atoms with Crippen LogP contribution in [0.2, 0.25) is 0 Å². The maximum atomic E-state index is 13.0. The number of nitrogens with two attached hydrogens (primary N) is 6. The fourth-order valence-electron chi connectivity index (χ4n) is 5.91. The molecular formula is C24H45N7O10. The molecule has 2 heterocycles. The number of carbonyl (C=O) groups is 1. The summed E-state index contributed by atoms with van der Waals surface area (Å²) in [6, 6.07) is -3.39. The quantitative estimate of drug-likeness (QED) is 0.0831.